The number of rotatable bonds is 8. The average molecular weight is 448 g/mol. The first-order valence-electron chi connectivity index (χ1n) is 9.42. The molecule has 2 aromatic rings. The fraction of sp³-hybridized carbons (Fsp3) is 0.318. The number of amides is 1. The fourth-order valence-corrected chi connectivity index (χ4v) is 3.05. The lowest BCUT2D eigenvalue weighted by molar-refractivity contribution is -0.148. The van der Waals surface area contributed by atoms with Gasteiger partial charge in [-0.25, -0.2) is 9.18 Å². The van der Waals surface area contributed by atoms with Gasteiger partial charge in [-0.15, -0.1) is 0 Å². The molecule has 2 rings (SSSR count). The number of halogens is 2. The minimum absolute atomic E-state index is 0.100. The molecule has 0 aliphatic heterocycles. The number of anilines is 1. The van der Waals surface area contributed by atoms with E-state index in [-0.39, 0.29) is 16.3 Å². The Hall–Kier alpha value is -3.15. The number of nitrogens with one attached hydrogen (secondary N) is 1. The van der Waals surface area contributed by atoms with Crippen LogP contribution in [0.3, 0.4) is 0 Å². The van der Waals surface area contributed by atoms with Gasteiger partial charge in [0.2, 0.25) is 0 Å². The standard InChI is InChI=1S/C22H23ClFN3O4/c1-13-9-16(14(2)27(13)7-8-30-4)10-17(12-25)22(29)31-15(3)21(28)26-20-6-5-18(23)11-19(20)24/h5-6,9-11,15H,7-8H2,1-4H3,(H,26,28)/b17-10+. The Kier molecular flexibility index (Phi) is 8.37. The lowest BCUT2D eigenvalue weighted by Gasteiger charge is -2.13. The van der Waals surface area contributed by atoms with Crippen molar-refractivity contribution >= 4 is 35.2 Å². The lowest BCUT2D eigenvalue weighted by Crippen LogP contribution is -2.30. The van der Waals surface area contributed by atoms with Crippen molar-refractivity contribution in [2.24, 2.45) is 0 Å². The Balaban J connectivity index is 2.12. The maximum absolute atomic E-state index is 13.8. The summed E-state index contributed by atoms with van der Waals surface area (Å²) < 4.78 is 26.0. The molecule has 1 atom stereocenters. The second kappa shape index (κ2) is 10.8. The van der Waals surface area contributed by atoms with Crippen LogP contribution < -0.4 is 5.32 Å². The first-order chi connectivity index (χ1) is 14.7. The van der Waals surface area contributed by atoms with E-state index in [1.165, 1.54) is 25.1 Å². The van der Waals surface area contributed by atoms with Crippen molar-refractivity contribution in [3.63, 3.8) is 0 Å². The molecule has 164 valence electrons. The van der Waals surface area contributed by atoms with Crippen molar-refractivity contribution in [2.75, 3.05) is 19.0 Å². The van der Waals surface area contributed by atoms with Gasteiger partial charge in [0.25, 0.3) is 5.91 Å². The topological polar surface area (TPSA) is 93.3 Å². The Morgan fingerprint density at radius 1 is 1.35 bits per heavy atom. The molecule has 1 unspecified atom stereocenters. The summed E-state index contributed by atoms with van der Waals surface area (Å²) in [7, 11) is 1.61. The molecule has 1 heterocycles. The number of aryl methyl sites for hydroxylation is 1. The molecule has 0 bridgehead atoms. The summed E-state index contributed by atoms with van der Waals surface area (Å²) in [6.07, 6.45) is 0.158. The number of aromatic nitrogens is 1. The number of nitrogens with zero attached hydrogens (tertiary/aromatic N) is 2. The minimum Gasteiger partial charge on any atom is -0.448 e. The highest BCUT2D eigenvalue weighted by Crippen LogP contribution is 2.20. The smallest absolute Gasteiger partial charge is 0.349 e. The van der Waals surface area contributed by atoms with Crippen molar-refractivity contribution in [3.8, 4) is 6.07 Å². The van der Waals surface area contributed by atoms with E-state index >= 15 is 0 Å². The van der Waals surface area contributed by atoms with Gasteiger partial charge >= 0.3 is 5.97 Å². The van der Waals surface area contributed by atoms with Crippen LogP contribution in [0.4, 0.5) is 10.1 Å². The van der Waals surface area contributed by atoms with Crippen LogP contribution in [0.15, 0.2) is 29.8 Å². The van der Waals surface area contributed by atoms with Gasteiger partial charge in [0.05, 0.1) is 12.3 Å². The zero-order valence-electron chi connectivity index (χ0n) is 17.7. The van der Waals surface area contributed by atoms with Gasteiger partial charge in [-0.3, -0.25) is 4.79 Å². The summed E-state index contributed by atoms with van der Waals surface area (Å²) in [5, 5.41) is 11.9. The van der Waals surface area contributed by atoms with Crippen molar-refractivity contribution < 1.29 is 23.5 Å². The maximum Gasteiger partial charge on any atom is 0.349 e. The van der Waals surface area contributed by atoms with Crippen molar-refractivity contribution in [1.82, 2.24) is 4.57 Å². The minimum atomic E-state index is -1.26. The Morgan fingerprint density at radius 3 is 2.68 bits per heavy atom. The number of nitriles is 1. The van der Waals surface area contributed by atoms with Crippen LogP contribution >= 0.6 is 11.6 Å². The monoisotopic (exact) mass is 447 g/mol. The lowest BCUT2D eigenvalue weighted by atomic mass is 10.1. The van der Waals surface area contributed by atoms with Crippen LogP contribution in [-0.2, 0) is 25.6 Å². The van der Waals surface area contributed by atoms with E-state index in [0.29, 0.717) is 18.7 Å². The molecule has 0 spiro atoms. The molecule has 1 N–H and O–H groups in total. The zero-order valence-corrected chi connectivity index (χ0v) is 18.4. The molecule has 0 saturated heterocycles. The molecule has 0 aliphatic carbocycles. The van der Waals surface area contributed by atoms with Gasteiger partial charge in [-0.05, 0) is 56.7 Å². The third-order valence-corrected chi connectivity index (χ3v) is 4.85. The first-order valence-corrected chi connectivity index (χ1v) is 9.80. The molecule has 9 heteroatoms. The summed E-state index contributed by atoms with van der Waals surface area (Å²) in [6, 6.07) is 7.41. The zero-order chi connectivity index (χ0) is 23.1. The molecule has 31 heavy (non-hydrogen) atoms. The molecule has 0 saturated carbocycles. The number of carbonyl (C=O) groups is 2. The SMILES string of the molecule is COCCn1c(C)cc(/C=C(\C#N)C(=O)OC(C)C(=O)Nc2ccc(Cl)cc2F)c1C. The van der Waals surface area contributed by atoms with Gasteiger partial charge in [0.15, 0.2) is 6.10 Å². The Morgan fingerprint density at radius 2 is 2.06 bits per heavy atom. The van der Waals surface area contributed by atoms with Gasteiger partial charge in [0, 0.05) is 30.1 Å². The van der Waals surface area contributed by atoms with Crippen LogP contribution in [0, 0.1) is 31.0 Å². The van der Waals surface area contributed by atoms with Gasteiger partial charge in [-0.2, -0.15) is 5.26 Å². The van der Waals surface area contributed by atoms with E-state index in [1.807, 2.05) is 24.5 Å². The summed E-state index contributed by atoms with van der Waals surface area (Å²) in [6.45, 7) is 6.26. The van der Waals surface area contributed by atoms with Crippen molar-refractivity contribution in [2.45, 2.75) is 33.4 Å². The number of ether oxygens (including phenoxy) is 2. The first kappa shape index (κ1) is 24.1. The largest absolute Gasteiger partial charge is 0.448 e. The van der Waals surface area contributed by atoms with E-state index in [1.54, 1.807) is 13.2 Å². The van der Waals surface area contributed by atoms with Crippen molar-refractivity contribution in [3.05, 3.63) is 57.6 Å². The highest BCUT2D eigenvalue weighted by atomic mass is 35.5. The van der Waals surface area contributed by atoms with Gasteiger partial charge in [0.1, 0.15) is 17.5 Å². The highest BCUT2D eigenvalue weighted by Gasteiger charge is 2.22. The molecule has 0 fully saturated rings. The average Bonchev–Trinajstić information content (AvgIpc) is 2.98. The molecule has 0 radical (unpaired) electrons. The summed E-state index contributed by atoms with van der Waals surface area (Å²) in [5.74, 6) is -2.42. The number of methoxy groups -OCH3 is 1. The molecule has 1 amide bonds. The van der Waals surface area contributed by atoms with E-state index in [2.05, 4.69) is 5.32 Å². The Bertz CT molecular complexity index is 1060. The molecule has 7 nitrogen and oxygen atoms in total. The van der Waals surface area contributed by atoms with Crippen LogP contribution in [0.2, 0.25) is 5.02 Å². The van der Waals surface area contributed by atoms with Crippen LogP contribution in [0.5, 0.6) is 0 Å². The van der Waals surface area contributed by atoms with Gasteiger partial charge < -0.3 is 19.4 Å². The summed E-state index contributed by atoms with van der Waals surface area (Å²) in [5.41, 5.74) is 2.13. The van der Waals surface area contributed by atoms with E-state index in [0.717, 1.165) is 17.5 Å². The molecular formula is C22H23ClFN3O4. The molecular weight excluding hydrogens is 425 g/mol. The normalized spacial score (nSPS) is 12.2. The predicted molar refractivity (Wildman–Crippen MR) is 115 cm³/mol. The Labute approximate surface area is 185 Å². The third-order valence-electron chi connectivity index (χ3n) is 4.61. The van der Waals surface area contributed by atoms with Crippen LogP contribution in [0.1, 0.15) is 23.9 Å². The molecule has 1 aromatic heterocycles. The van der Waals surface area contributed by atoms with E-state index < -0.39 is 23.8 Å². The summed E-state index contributed by atoms with van der Waals surface area (Å²) >= 11 is 5.68. The summed E-state index contributed by atoms with van der Waals surface area (Å²) in [4.78, 5) is 24.7. The maximum atomic E-state index is 13.8. The number of carbonyl (C=O) groups excluding carboxylic acids is 2. The predicted octanol–water partition coefficient (Wildman–Crippen LogP) is 4.02. The third kappa shape index (κ3) is 6.17. The molecule has 0 aliphatic rings. The number of benzene rings is 1. The number of hydrogen-bond donors (Lipinski definition) is 1. The van der Waals surface area contributed by atoms with Crippen LogP contribution in [-0.4, -0.2) is 36.3 Å². The fourth-order valence-electron chi connectivity index (χ4n) is 2.90. The number of esters is 1. The molecule has 1 aromatic carbocycles. The quantitative estimate of drug-likeness (QED) is 0.374. The highest BCUT2D eigenvalue weighted by molar-refractivity contribution is 6.30. The van der Waals surface area contributed by atoms with Gasteiger partial charge in [-0.1, -0.05) is 11.6 Å². The second-order valence-electron chi connectivity index (χ2n) is 6.80. The van der Waals surface area contributed by atoms with E-state index in [4.69, 9.17) is 21.1 Å². The van der Waals surface area contributed by atoms with Crippen molar-refractivity contribution in [1.29, 1.82) is 5.26 Å². The van der Waals surface area contributed by atoms with Crippen LogP contribution in [0.25, 0.3) is 6.08 Å². The number of hydrogen-bond acceptors (Lipinski definition) is 5. The second-order valence-corrected chi connectivity index (χ2v) is 7.24. The van der Waals surface area contributed by atoms with E-state index in [9.17, 15) is 19.2 Å².